The van der Waals surface area contributed by atoms with Gasteiger partial charge in [-0.1, -0.05) is 12.1 Å². The minimum Gasteiger partial charge on any atom is -0.342 e. The Kier molecular flexibility index (Phi) is 3.84. The van der Waals surface area contributed by atoms with Crippen LogP contribution >= 0.6 is 11.3 Å². The number of aromatic nitrogens is 3. The summed E-state index contributed by atoms with van der Waals surface area (Å²) in [5.41, 5.74) is 3.93. The zero-order valence-corrected chi connectivity index (χ0v) is 14.7. The Bertz CT molecular complexity index is 889. The SMILES string of the molecule is Cc1nc(C(=O)N2CCC(c3nc4c(C)cccc4[nH]3)CC2)cs1. The predicted molar refractivity (Wildman–Crippen MR) is 95.6 cm³/mol. The highest BCUT2D eigenvalue weighted by molar-refractivity contribution is 7.09. The number of piperidine rings is 1. The number of carbonyl (C=O) groups excluding carboxylic acids is 1. The zero-order valence-electron chi connectivity index (χ0n) is 13.9. The van der Waals surface area contributed by atoms with Gasteiger partial charge in [-0.05, 0) is 38.3 Å². The van der Waals surface area contributed by atoms with Gasteiger partial charge in [0.25, 0.3) is 5.91 Å². The van der Waals surface area contributed by atoms with Crippen molar-refractivity contribution in [2.45, 2.75) is 32.6 Å². The molecular weight excluding hydrogens is 320 g/mol. The number of rotatable bonds is 2. The number of nitrogens with zero attached hydrogens (tertiary/aromatic N) is 3. The molecular formula is C18H20N4OS. The molecule has 0 radical (unpaired) electrons. The number of thiazole rings is 1. The van der Waals surface area contributed by atoms with Crippen molar-refractivity contribution in [3.05, 3.63) is 45.7 Å². The molecule has 6 heteroatoms. The van der Waals surface area contributed by atoms with Crippen LogP contribution in [0, 0.1) is 13.8 Å². The third-order valence-corrected chi connectivity index (χ3v) is 5.51. The van der Waals surface area contributed by atoms with Gasteiger partial charge >= 0.3 is 0 Å². The Morgan fingerprint density at radius 3 is 2.71 bits per heavy atom. The first-order valence-electron chi connectivity index (χ1n) is 8.28. The molecule has 1 saturated heterocycles. The molecule has 3 aromatic rings. The lowest BCUT2D eigenvalue weighted by Gasteiger charge is -2.30. The first kappa shape index (κ1) is 15.3. The Morgan fingerprint density at radius 1 is 1.25 bits per heavy atom. The second-order valence-electron chi connectivity index (χ2n) is 6.41. The van der Waals surface area contributed by atoms with Gasteiger partial charge < -0.3 is 9.88 Å². The average Bonchev–Trinajstić information content (AvgIpc) is 3.21. The maximum atomic E-state index is 12.5. The number of benzene rings is 1. The number of amides is 1. The van der Waals surface area contributed by atoms with Gasteiger partial charge in [0.1, 0.15) is 11.5 Å². The van der Waals surface area contributed by atoms with Crippen LogP contribution in [0.5, 0.6) is 0 Å². The summed E-state index contributed by atoms with van der Waals surface area (Å²) in [7, 11) is 0. The summed E-state index contributed by atoms with van der Waals surface area (Å²) in [4.78, 5) is 27.0. The lowest BCUT2D eigenvalue weighted by Crippen LogP contribution is -2.38. The normalized spacial score (nSPS) is 16.0. The fraction of sp³-hybridized carbons (Fsp3) is 0.389. The summed E-state index contributed by atoms with van der Waals surface area (Å²) >= 11 is 1.52. The number of aryl methyl sites for hydroxylation is 2. The molecule has 0 spiro atoms. The van der Waals surface area contributed by atoms with E-state index in [-0.39, 0.29) is 5.91 Å². The number of nitrogens with one attached hydrogen (secondary N) is 1. The summed E-state index contributed by atoms with van der Waals surface area (Å²) in [6.07, 6.45) is 1.88. The summed E-state index contributed by atoms with van der Waals surface area (Å²) in [6, 6.07) is 6.21. The summed E-state index contributed by atoms with van der Waals surface area (Å²) in [6.45, 7) is 5.54. The zero-order chi connectivity index (χ0) is 16.7. The van der Waals surface area contributed by atoms with Gasteiger partial charge in [0.15, 0.2) is 0 Å². The van der Waals surface area contributed by atoms with Crippen LogP contribution in [0.25, 0.3) is 11.0 Å². The van der Waals surface area contributed by atoms with Crippen molar-refractivity contribution in [1.29, 1.82) is 0 Å². The molecule has 1 N–H and O–H groups in total. The first-order chi connectivity index (χ1) is 11.6. The second kappa shape index (κ2) is 6.02. The number of hydrogen-bond donors (Lipinski definition) is 1. The van der Waals surface area contributed by atoms with Crippen LogP contribution in [-0.2, 0) is 0 Å². The number of aromatic amines is 1. The van der Waals surface area contributed by atoms with Gasteiger partial charge in [0.2, 0.25) is 0 Å². The van der Waals surface area contributed by atoms with E-state index in [4.69, 9.17) is 4.98 Å². The molecule has 124 valence electrons. The molecule has 0 unspecified atom stereocenters. The summed E-state index contributed by atoms with van der Waals surface area (Å²) in [5.74, 6) is 1.49. The molecule has 2 aromatic heterocycles. The molecule has 0 aliphatic carbocycles. The highest BCUT2D eigenvalue weighted by Crippen LogP contribution is 2.29. The number of imidazole rings is 1. The quantitative estimate of drug-likeness (QED) is 0.774. The van der Waals surface area contributed by atoms with Gasteiger partial charge in [-0.3, -0.25) is 4.79 Å². The molecule has 0 bridgehead atoms. The van der Waals surface area contributed by atoms with Crippen molar-refractivity contribution in [3.63, 3.8) is 0 Å². The number of fused-ring (bicyclic) bond motifs is 1. The van der Waals surface area contributed by atoms with Crippen molar-refractivity contribution < 1.29 is 4.79 Å². The van der Waals surface area contributed by atoms with Crippen molar-refractivity contribution in [3.8, 4) is 0 Å². The number of H-pyrrole nitrogens is 1. The van der Waals surface area contributed by atoms with E-state index in [0.29, 0.717) is 11.6 Å². The van der Waals surface area contributed by atoms with Gasteiger partial charge in [0.05, 0.1) is 16.0 Å². The van der Waals surface area contributed by atoms with E-state index >= 15 is 0 Å². The maximum Gasteiger partial charge on any atom is 0.273 e. The molecule has 4 rings (SSSR count). The van der Waals surface area contributed by atoms with E-state index in [1.54, 1.807) is 0 Å². The first-order valence-corrected chi connectivity index (χ1v) is 9.16. The van der Waals surface area contributed by atoms with Gasteiger partial charge in [-0.25, -0.2) is 9.97 Å². The van der Waals surface area contributed by atoms with E-state index < -0.39 is 0 Å². The van der Waals surface area contributed by atoms with Crippen LogP contribution in [0.1, 0.15) is 45.6 Å². The van der Waals surface area contributed by atoms with Gasteiger partial charge in [-0.2, -0.15) is 0 Å². The topological polar surface area (TPSA) is 61.9 Å². The highest BCUT2D eigenvalue weighted by Gasteiger charge is 2.27. The van der Waals surface area contributed by atoms with E-state index in [9.17, 15) is 4.79 Å². The molecule has 1 fully saturated rings. The van der Waals surface area contributed by atoms with Crippen LogP contribution in [0.4, 0.5) is 0 Å². The standard InChI is InChI=1S/C18H20N4OS/c1-11-4-3-5-14-16(11)21-17(20-14)13-6-8-22(9-7-13)18(23)15-10-24-12(2)19-15/h3-5,10,13H,6-9H2,1-2H3,(H,20,21). The number of likely N-dealkylation sites (tertiary alicyclic amines) is 1. The Labute approximate surface area is 144 Å². The fourth-order valence-corrected chi connectivity index (χ4v) is 3.95. The monoisotopic (exact) mass is 340 g/mol. The number of carbonyl (C=O) groups is 1. The molecule has 5 nitrogen and oxygen atoms in total. The maximum absolute atomic E-state index is 12.5. The molecule has 1 aliphatic heterocycles. The molecule has 24 heavy (non-hydrogen) atoms. The van der Waals surface area contributed by atoms with Gasteiger partial charge in [0, 0.05) is 24.4 Å². The lowest BCUT2D eigenvalue weighted by atomic mass is 9.96. The molecule has 1 aromatic carbocycles. The van der Waals surface area contributed by atoms with Crippen molar-refractivity contribution in [1.82, 2.24) is 19.9 Å². The van der Waals surface area contributed by atoms with Crippen molar-refractivity contribution in [2.75, 3.05) is 13.1 Å². The van der Waals surface area contributed by atoms with E-state index in [1.165, 1.54) is 16.9 Å². The summed E-state index contributed by atoms with van der Waals surface area (Å²) < 4.78 is 0. The highest BCUT2D eigenvalue weighted by atomic mass is 32.1. The van der Waals surface area contributed by atoms with E-state index in [1.807, 2.05) is 17.2 Å². The van der Waals surface area contributed by atoms with Crippen LogP contribution in [-0.4, -0.2) is 38.8 Å². The Morgan fingerprint density at radius 2 is 2.04 bits per heavy atom. The molecule has 3 heterocycles. The third kappa shape index (κ3) is 2.71. The summed E-state index contributed by atoms with van der Waals surface area (Å²) in [5, 5.41) is 2.79. The van der Waals surface area contributed by atoms with E-state index in [2.05, 4.69) is 35.1 Å². The van der Waals surface area contributed by atoms with Gasteiger partial charge in [-0.15, -0.1) is 11.3 Å². The lowest BCUT2D eigenvalue weighted by molar-refractivity contribution is 0.0706. The number of para-hydroxylation sites is 1. The van der Waals surface area contributed by atoms with Crippen molar-refractivity contribution in [2.24, 2.45) is 0 Å². The van der Waals surface area contributed by atoms with Crippen LogP contribution in [0.2, 0.25) is 0 Å². The Hall–Kier alpha value is -2.21. The van der Waals surface area contributed by atoms with Crippen LogP contribution in [0.15, 0.2) is 23.6 Å². The van der Waals surface area contributed by atoms with Crippen LogP contribution < -0.4 is 0 Å². The molecule has 0 atom stereocenters. The second-order valence-corrected chi connectivity index (χ2v) is 7.47. The predicted octanol–water partition coefficient (Wildman–Crippen LogP) is 3.66. The third-order valence-electron chi connectivity index (χ3n) is 4.74. The molecule has 1 amide bonds. The smallest absolute Gasteiger partial charge is 0.273 e. The number of hydrogen-bond acceptors (Lipinski definition) is 4. The van der Waals surface area contributed by atoms with E-state index in [0.717, 1.165) is 47.8 Å². The Balaban J connectivity index is 1.47. The fourth-order valence-electron chi connectivity index (χ4n) is 3.37. The minimum atomic E-state index is 0.0539. The minimum absolute atomic E-state index is 0.0539. The molecule has 1 aliphatic rings. The van der Waals surface area contributed by atoms with Crippen molar-refractivity contribution >= 4 is 28.3 Å². The average molecular weight is 340 g/mol. The molecule has 0 saturated carbocycles. The largest absolute Gasteiger partial charge is 0.342 e. The van der Waals surface area contributed by atoms with Crippen LogP contribution in [0.3, 0.4) is 0 Å².